The highest BCUT2D eigenvalue weighted by Gasteiger charge is 2.29. The van der Waals surface area contributed by atoms with Crippen molar-refractivity contribution in [3.05, 3.63) is 24.0 Å². The Balaban J connectivity index is 2.12. The Bertz CT molecular complexity index is 384. The standard InChI is InChI=1S/C12H18N4/c1-9-8-15-6-4-11(9)16(10-2-3-10)7-5-12(13)14/h4,6,8,10H,2-3,5,7H2,1H3,(H3,13,14). The monoisotopic (exact) mass is 218 g/mol. The van der Waals surface area contributed by atoms with Gasteiger partial charge in [-0.3, -0.25) is 10.4 Å². The second-order valence-corrected chi connectivity index (χ2v) is 4.36. The van der Waals surface area contributed by atoms with Crippen LogP contribution in [-0.4, -0.2) is 23.4 Å². The first-order valence-electron chi connectivity index (χ1n) is 5.68. The van der Waals surface area contributed by atoms with Crippen LogP contribution in [0.2, 0.25) is 0 Å². The lowest BCUT2D eigenvalue weighted by Gasteiger charge is -2.25. The molecule has 16 heavy (non-hydrogen) atoms. The summed E-state index contributed by atoms with van der Waals surface area (Å²) in [6, 6.07) is 2.69. The predicted octanol–water partition coefficient (Wildman–Crippen LogP) is 1.68. The highest BCUT2D eigenvalue weighted by atomic mass is 15.2. The van der Waals surface area contributed by atoms with Crippen LogP contribution in [0.4, 0.5) is 5.69 Å². The number of aryl methyl sites for hydroxylation is 1. The van der Waals surface area contributed by atoms with Crippen molar-refractivity contribution in [2.75, 3.05) is 11.4 Å². The van der Waals surface area contributed by atoms with Crippen molar-refractivity contribution >= 4 is 11.5 Å². The molecule has 0 aliphatic heterocycles. The largest absolute Gasteiger partial charge is 0.388 e. The molecule has 0 saturated heterocycles. The summed E-state index contributed by atoms with van der Waals surface area (Å²) in [5.41, 5.74) is 7.85. The summed E-state index contributed by atoms with van der Waals surface area (Å²) < 4.78 is 0. The van der Waals surface area contributed by atoms with Gasteiger partial charge in [-0.05, 0) is 31.4 Å². The van der Waals surface area contributed by atoms with Gasteiger partial charge in [0.1, 0.15) is 0 Å². The molecule has 1 aliphatic carbocycles. The molecule has 4 heteroatoms. The second-order valence-electron chi connectivity index (χ2n) is 4.36. The van der Waals surface area contributed by atoms with E-state index in [0.717, 1.165) is 6.54 Å². The van der Waals surface area contributed by atoms with Crippen molar-refractivity contribution in [1.29, 1.82) is 5.41 Å². The van der Waals surface area contributed by atoms with Gasteiger partial charge in [-0.2, -0.15) is 0 Å². The van der Waals surface area contributed by atoms with E-state index < -0.39 is 0 Å². The lowest BCUT2D eigenvalue weighted by molar-refractivity contribution is 0.792. The summed E-state index contributed by atoms with van der Waals surface area (Å²) in [5, 5.41) is 7.30. The number of aromatic nitrogens is 1. The highest BCUT2D eigenvalue weighted by Crippen LogP contribution is 2.32. The fraction of sp³-hybridized carbons (Fsp3) is 0.500. The number of nitrogens with two attached hydrogens (primary N) is 1. The third-order valence-electron chi connectivity index (χ3n) is 2.91. The van der Waals surface area contributed by atoms with Crippen LogP contribution in [0.1, 0.15) is 24.8 Å². The first-order chi connectivity index (χ1) is 7.68. The van der Waals surface area contributed by atoms with E-state index >= 15 is 0 Å². The van der Waals surface area contributed by atoms with E-state index in [2.05, 4.69) is 16.8 Å². The molecule has 0 unspecified atom stereocenters. The molecule has 1 aromatic heterocycles. The minimum absolute atomic E-state index is 0.261. The van der Waals surface area contributed by atoms with Gasteiger partial charge < -0.3 is 10.6 Å². The van der Waals surface area contributed by atoms with Crippen molar-refractivity contribution in [3.8, 4) is 0 Å². The summed E-state index contributed by atoms with van der Waals surface area (Å²) >= 11 is 0. The van der Waals surface area contributed by atoms with E-state index in [0.29, 0.717) is 12.5 Å². The first-order valence-corrected chi connectivity index (χ1v) is 5.68. The van der Waals surface area contributed by atoms with E-state index in [4.69, 9.17) is 11.1 Å². The molecule has 1 heterocycles. The summed E-state index contributed by atoms with van der Waals surface area (Å²) in [4.78, 5) is 6.47. The summed E-state index contributed by atoms with van der Waals surface area (Å²) in [7, 11) is 0. The van der Waals surface area contributed by atoms with Crippen LogP contribution in [0.3, 0.4) is 0 Å². The number of nitrogens with one attached hydrogen (secondary N) is 1. The molecule has 86 valence electrons. The van der Waals surface area contributed by atoms with Crippen LogP contribution in [0.15, 0.2) is 18.5 Å². The molecule has 1 aromatic rings. The molecule has 0 spiro atoms. The average molecular weight is 218 g/mol. The molecule has 1 saturated carbocycles. The van der Waals surface area contributed by atoms with Gasteiger partial charge in [0.15, 0.2) is 0 Å². The maximum absolute atomic E-state index is 7.30. The van der Waals surface area contributed by atoms with E-state index in [1.807, 2.05) is 18.5 Å². The molecule has 3 N–H and O–H groups in total. The molecule has 0 atom stereocenters. The average Bonchev–Trinajstić information content (AvgIpc) is 3.04. The van der Waals surface area contributed by atoms with Crippen molar-refractivity contribution in [1.82, 2.24) is 4.98 Å². The molecule has 0 aromatic carbocycles. The summed E-state index contributed by atoms with van der Waals surface area (Å²) in [5.74, 6) is 0.261. The Morgan fingerprint density at radius 2 is 2.38 bits per heavy atom. The summed E-state index contributed by atoms with van der Waals surface area (Å²) in [6.45, 7) is 2.91. The van der Waals surface area contributed by atoms with Crippen LogP contribution < -0.4 is 10.6 Å². The van der Waals surface area contributed by atoms with Crippen molar-refractivity contribution in [2.24, 2.45) is 5.73 Å². The Labute approximate surface area is 96.0 Å². The fourth-order valence-corrected chi connectivity index (χ4v) is 1.92. The predicted molar refractivity (Wildman–Crippen MR) is 65.9 cm³/mol. The van der Waals surface area contributed by atoms with Gasteiger partial charge in [-0.1, -0.05) is 0 Å². The number of amidine groups is 1. The van der Waals surface area contributed by atoms with E-state index in [1.54, 1.807) is 0 Å². The minimum Gasteiger partial charge on any atom is -0.388 e. The molecule has 1 fully saturated rings. The lowest BCUT2D eigenvalue weighted by atomic mass is 10.2. The smallest absolute Gasteiger partial charge is 0.0923 e. The number of anilines is 1. The van der Waals surface area contributed by atoms with Crippen LogP contribution in [0.25, 0.3) is 0 Å². The zero-order valence-electron chi connectivity index (χ0n) is 9.61. The molecule has 1 aliphatic rings. The van der Waals surface area contributed by atoms with E-state index in [-0.39, 0.29) is 5.84 Å². The molecular weight excluding hydrogens is 200 g/mol. The maximum Gasteiger partial charge on any atom is 0.0923 e. The molecule has 0 radical (unpaired) electrons. The van der Waals surface area contributed by atoms with Gasteiger partial charge in [0.05, 0.1) is 5.84 Å². The zero-order valence-corrected chi connectivity index (χ0v) is 9.61. The Hall–Kier alpha value is -1.58. The maximum atomic E-state index is 7.30. The van der Waals surface area contributed by atoms with Crippen LogP contribution in [0, 0.1) is 12.3 Å². The Kier molecular flexibility index (Phi) is 3.08. The highest BCUT2D eigenvalue weighted by molar-refractivity contribution is 5.77. The molecule has 4 nitrogen and oxygen atoms in total. The van der Waals surface area contributed by atoms with Crippen molar-refractivity contribution < 1.29 is 0 Å². The number of hydrogen-bond acceptors (Lipinski definition) is 3. The van der Waals surface area contributed by atoms with Gasteiger partial charge in [0.25, 0.3) is 0 Å². The van der Waals surface area contributed by atoms with Crippen molar-refractivity contribution in [3.63, 3.8) is 0 Å². The third kappa shape index (κ3) is 2.51. The quantitative estimate of drug-likeness (QED) is 0.583. The number of nitrogens with zero attached hydrogens (tertiary/aromatic N) is 2. The van der Waals surface area contributed by atoms with Gasteiger partial charge in [-0.25, -0.2) is 0 Å². The summed E-state index contributed by atoms with van der Waals surface area (Å²) in [6.07, 6.45) is 6.85. The van der Waals surface area contributed by atoms with Gasteiger partial charge in [0, 0.05) is 37.1 Å². The van der Waals surface area contributed by atoms with E-state index in [1.165, 1.54) is 24.1 Å². The fourth-order valence-electron chi connectivity index (χ4n) is 1.92. The third-order valence-corrected chi connectivity index (χ3v) is 2.91. The SMILES string of the molecule is Cc1cnccc1N(CCC(=N)N)C1CC1. The Morgan fingerprint density at radius 3 is 2.94 bits per heavy atom. The van der Waals surface area contributed by atoms with Gasteiger partial charge in [0.2, 0.25) is 0 Å². The van der Waals surface area contributed by atoms with Crippen LogP contribution in [0.5, 0.6) is 0 Å². The number of rotatable bonds is 5. The van der Waals surface area contributed by atoms with Gasteiger partial charge >= 0.3 is 0 Å². The first kappa shape index (κ1) is 10.9. The second kappa shape index (κ2) is 4.51. The molecule has 0 bridgehead atoms. The lowest BCUT2D eigenvalue weighted by Crippen LogP contribution is -2.30. The topological polar surface area (TPSA) is 66.0 Å². The van der Waals surface area contributed by atoms with Crippen LogP contribution >= 0.6 is 0 Å². The van der Waals surface area contributed by atoms with Gasteiger partial charge in [-0.15, -0.1) is 0 Å². The molecular formula is C12H18N4. The van der Waals surface area contributed by atoms with E-state index in [9.17, 15) is 0 Å². The normalized spacial score (nSPS) is 14.8. The molecule has 2 rings (SSSR count). The zero-order chi connectivity index (χ0) is 11.5. The Morgan fingerprint density at radius 1 is 1.62 bits per heavy atom. The van der Waals surface area contributed by atoms with Crippen molar-refractivity contribution in [2.45, 2.75) is 32.2 Å². The number of hydrogen-bond donors (Lipinski definition) is 2. The minimum atomic E-state index is 0.261. The van der Waals surface area contributed by atoms with Crippen LogP contribution in [-0.2, 0) is 0 Å². The number of pyridine rings is 1. The molecule has 0 amide bonds.